The van der Waals surface area contributed by atoms with Gasteiger partial charge in [-0.15, -0.1) is 11.3 Å². The van der Waals surface area contributed by atoms with Gasteiger partial charge < -0.3 is 26.6 Å². The van der Waals surface area contributed by atoms with Gasteiger partial charge in [0.05, 0.1) is 26.7 Å². The van der Waals surface area contributed by atoms with Gasteiger partial charge in [0.1, 0.15) is 11.1 Å². The number of likely N-dealkylation sites (tertiary alicyclic amines) is 2. The van der Waals surface area contributed by atoms with Gasteiger partial charge in [0, 0.05) is 64.8 Å². The molecule has 360 valence electrons. The van der Waals surface area contributed by atoms with Crippen molar-refractivity contribution in [2.45, 2.75) is 137 Å². The van der Waals surface area contributed by atoms with Gasteiger partial charge in [0.25, 0.3) is 23.2 Å². The van der Waals surface area contributed by atoms with Gasteiger partial charge in [0.15, 0.2) is 5.13 Å². The van der Waals surface area contributed by atoms with Crippen LogP contribution in [0, 0.1) is 20.2 Å². The monoisotopic (exact) mass is 956 g/mol. The normalized spacial score (nSPS) is 30.5. The van der Waals surface area contributed by atoms with Crippen LogP contribution in [0.4, 0.5) is 26.1 Å². The number of carbonyl (C=O) groups is 6. The van der Waals surface area contributed by atoms with E-state index in [0.717, 1.165) is 36.3 Å². The first-order valence-corrected chi connectivity index (χ1v) is 23.6. The molecule has 0 radical (unpaired) electrons. The molecule has 4 bridgehead atoms. The fourth-order valence-electron chi connectivity index (χ4n) is 13.7. The molecular weight excluding hydrogens is 905 g/mol. The van der Waals surface area contributed by atoms with Gasteiger partial charge in [0.2, 0.25) is 11.8 Å². The molecule has 68 heavy (non-hydrogen) atoms. The summed E-state index contributed by atoms with van der Waals surface area (Å²) in [6.07, 6.45) is 1.65. The van der Waals surface area contributed by atoms with Crippen molar-refractivity contribution in [2.75, 3.05) is 18.0 Å². The minimum Gasteiger partial charge on any atom is -0.465 e. The van der Waals surface area contributed by atoms with Crippen molar-refractivity contribution in [3.05, 3.63) is 89.5 Å². The van der Waals surface area contributed by atoms with E-state index in [4.69, 9.17) is 16.5 Å². The number of nitrogens with one attached hydrogen (secondary N) is 2. The van der Waals surface area contributed by atoms with Crippen LogP contribution in [0.1, 0.15) is 111 Å². The number of nitrogens with two attached hydrogens (primary N) is 2. The average Bonchev–Trinajstić information content (AvgIpc) is 4.09. The van der Waals surface area contributed by atoms with Crippen molar-refractivity contribution in [2.24, 2.45) is 11.5 Å². The van der Waals surface area contributed by atoms with E-state index in [1.807, 2.05) is 20.4 Å². The third-order valence-electron chi connectivity index (χ3n) is 16.1. The molecule has 3 fully saturated rings. The summed E-state index contributed by atoms with van der Waals surface area (Å²) < 4.78 is 0. The standard InChI is InChI=1S/C45H52N10O12S/c1-42(21-35(46)56)23-11-13-25(32(19-23)54(64)65)44(42,37(58)49-40(60)61)51-17-5-8-28(51)30-15-16-31(53(30)39-48-27-7-3-4-10-34(27)68-39)29-9-6-18-52(29)45(38(59)50-41(62)63)26-14-12-24(20-33(26)55(66)67)43(45,2)22-36(47)57/h11-14,19-20,28-31H,3-10,15-18,21-22H2,1-2H3,(H2,46,56)(H2,47,57)(H,49,58)(H,50,59)(H,60,61)(H,62,63)/t28?,29?,30-,31-,42?,43?,44+,45+/m1/s1. The van der Waals surface area contributed by atoms with Crippen LogP contribution in [0.15, 0.2) is 36.4 Å². The van der Waals surface area contributed by atoms with E-state index in [1.54, 1.807) is 26.0 Å². The summed E-state index contributed by atoms with van der Waals surface area (Å²) in [5.74, 6) is -3.80. The molecule has 8 aliphatic rings. The number of nitro benzene ring substituents is 2. The molecule has 3 aromatic rings. The van der Waals surface area contributed by atoms with Gasteiger partial charge in [-0.25, -0.2) is 14.6 Å². The molecule has 3 aliphatic heterocycles. The molecule has 0 spiro atoms. The van der Waals surface area contributed by atoms with E-state index >= 15 is 9.59 Å². The quantitative estimate of drug-likeness (QED) is 0.105. The number of benzene rings is 2. The minimum atomic E-state index is -2.14. The van der Waals surface area contributed by atoms with Crippen LogP contribution in [0.3, 0.4) is 0 Å². The van der Waals surface area contributed by atoms with Crippen molar-refractivity contribution in [3.8, 4) is 0 Å². The lowest BCUT2D eigenvalue weighted by atomic mass is 9.55. The van der Waals surface area contributed by atoms with Crippen molar-refractivity contribution >= 4 is 63.7 Å². The van der Waals surface area contributed by atoms with E-state index < -0.39 is 116 Å². The molecule has 4 heterocycles. The number of nitrogens with zero attached hydrogens (tertiary/aromatic N) is 6. The number of fused-ring (bicyclic) bond motifs is 7. The number of hydrogen-bond donors (Lipinski definition) is 6. The van der Waals surface area contributed by atoms with Gasteiger partial charge in [-0.05, 0) is 101 Å². The third kappa shape index (κ3) is 6.59. The van der Waals surface area contributed by atoms with Crippen LogP contribution in [-0.2, 0) is 53.9 Å². The molecule has 5 aliphatic carbocycles. The number of anilines is 1. The second-order valence-corrected chi connectivity index (χ2v) is 20.4. The van der Waals surface area contributed by atoms with E-state index in [9.17, 15) is 49.6 Å². The molecular formula is C45H52N10O12S. The summed E-state index contributed by atoms with van der Waals surface area (Å²) >= 11 is 1.51. The Hall–Kier alpha value is -6.59. The minimum absolute atomic E-state index is 0.0932. The van der Waals surface area contributed by atoms with Crippen molar-refractivity contribution in [1.82, 2.24) is 25.4 Å². The average molecular weight is 957 g/mol. The highest BCUT2D eigenvalue weighted by Gasteiger charge is 2.70. The maximum Gasteiger partial charge on any atom is 0.411 e. The number of rotatable bonds is 13. The zero-order chi connectivity index (χ0) is 48.8. The number of primary amides is 2. The lowest BCUT2D eigenvalue weighted by Crippen LogP contribution is -2.72. The Morgan fingerprint density at radius 1 is 0.706 bits per heavy atom. The SMILES string of the molecule is CC1(CC(N)=O)c2ccc(c([N+](=O)[O-])c2)[C@@]1(C(=O)NC(=O)O)N1CCCC1[C@H]1CC[C@H](C2CCCN2[C@]2(C(=O)NC(=O)O)c3ccc(cc3[N+](=O)[O-])C2(C)CC(N)=O)N1c1nc2c(s1)CCCC2. The predicted molar refractivity (Wildman–Crippen MR) is 242 cm³/mol. The Bertz CT molecular complexity index is 2540. The summed E-state index contributed by atoms with van der Waals surface area (Å²) in [6, 6.07) is 6.27. The zero-order valence-corrected chi connectivity index (χ0v) is 38.2. The third-order valence-corrected chi connectivity index (χ3v) is 17.2. The number of carboxylic acid groups (broad SMARTS) is 2. The van der Waals surface area contributed by atoms with Crippen LogP contribution in [0.25, 0.3) is 0 Å². The topological polar surface area (TPSA) is 328 Å². The fourth-order valence-corrected chi connectivity index (χ4v) is 15.0. The summed E-state index contributed by atoms with van der Waals surface area (Å²) in [6.45, 7) is 3.51. The first-order valence-electron chi connectivity index (χ1n) is 22.8. The molecule has 4 unspecified atom stereocenters. The van der Waals surface area contributed by atoms with Crippen LogP contribution in [0.2, 0.25) is 0 Å². The number of carbonyl (C=O) groups excluding carboxylic acids is 4. The number of nitro groups is 2. The smallest absolute Gasteiger partial charge is 0.411 e. The Morgan fingerprint density at radius 3 is 1.54 bits per heavy atom. The number of thiazole rings is 1. The van der Waals surface area contributed by atoms with E-state index in [-0.39, 0.29) is 35.3 Å². The first kappa shape index (κ1) is 46.5. The van der Waals surface area contributed by atoms with E-state index in [1.165, 1.54) is 35.6 Å². The maximum absolute atomic E-state index is 15.0. The van der Waals surface area contributed by atoms with E-state index in [2.05, 4.69) is 4.90 Å². The number of amides is 6. The van der Waals surface area contributed by atoms with E-state index in [0.29, 0.717) is 43.7 Å². The van der Waals surface area contributed by atoms with Gasteiger partial charge in [-0.3, -0.25) is 59.8 Å². The second kappa shape index (κ2) is 16.6. The molecule has 3 saturated heterocycles. The van der Waals surface area contributed by atoms with Crippen molar-refractivity contribution < 1.29 is 48.8 Å². The van der Waals surface area contributed by atoms with Gasteiger partial charge in [-0.2, -0.15) is 0 Å². The molecule has 1 aromatic heterocycles. The first-order chi connectivity index (χ1) is 32.2. The highest BCUT2D eigenvalue weighted by Crippen LogP contribution is 2.61. The molecule has 23 heteroatoms. The lowest BCUT2D eigenvalue weighted by molar-refractivity contribution is -0.387. The largest absolute Gasteiger partial charge is 0.465 e. The zero-order valence-electron chi connectivity index (χ0n) is 37.4. The Morgan fingerprint density at radius 2 is 1.15 bits per heavy atom. The number of imide groups is 2. The summed E-state index contributed by atoms with van der Waals surface area (Å²) in [7, 11) is 0. The molecule has 6 amide bonds. The number of aryl methyl sites for hydroxylation is 2. The highest BCUT2D eigenvalue weighted by atomic mass is 32.1. The van der Waals surface area contributed by atoms with Gasteiger partial charge in [-0.1, -0.05) is 26.0 Å². The Kier molecular flexibility index (Phi) is 11.3. The van der Waals surface area contributed by atoms with Crippen LogP contribution in [0.5, 0.6) is 0 Å². The molecule has 8 atom stereocenters. The Balaban J connectivity index is 1.23. The van der Waals surface area contributed by atoms with Crippen molar-refractivity contribution in [1.29, 1.82) is 0 Å². The molecule has 22 nitrogen and oxygen atoms in total. The lowest BCUT2D eigenvalue weighted by Gasteiger charge is -2.57. The van der Waals surface area contributed by atoms with Crippen LogP contribution >= 0.6 is 11.3 Å². The molecule has 11 rings (SSSR count). The summed E-state index contributed by atoms with van der Waals surface area (Å²) in [5, 5.41) is 50.6. The second-order valence-electron chi connectivity index (χ2n) is 19.4. The summed E-state index contributed by atoms with van der Waals surface area (Å²) in [5.41, 5.74) is 4.72. The fraction of sp³-hybridized carbons (Fsp3) is 0.533. The highest BCUT2D eigenvalue weighted by molar-refractivity contribution is 7.15. The summed E-state index contributed by atoms with van der Waals surface area (Å²) in [4.78, 5) is 118. The number of aromatic nitrogens is 1. The van der Waals surface area contributed by atoms with Crippen molar-refractivity contribution in [3.63, 3.8) is 0 Å². The molecule has 2 aromatic carbocycles. The number of hydrogen-bond acceptors (Lipinski definition) is 15. The van der Waals surface area contributed by atoms with Gasteiger partial charge >= 0.3 is 12.2 Å². The van der Waals surface area contributed by atoms with Crippen LogP contribution in [-0.4, -0.2) is 108 Å². The maximum atomic E-state index is 15.0. The Labute approximate surface area is 392 Å². The van der Waals surface area contributed by atoms with Crippen LogP contribution < -0.4 is 27.0 Å². The molecule has 8 N–H and O–H groups in total. The predicted octanol–water partition coefficient (Wildman–Crippen LogP) is 3.78. The molecule has 0 saturated carbocycles.